The molecular weight excluding hydrogens is 269 g/mol. The Balaban J connectivity index is 2.20. The lowest BCUT2D eigenvalue weighted by atomic mass is 10.1. The molecule has 0 bridgehead atoms. The zero-order chi connectivity index (χ0) is 14.0. The van der Waals surface area contributed by atoms with Crippen LogP contribution in [0, 0.1) is 5.82 Å². The lowest BCUT2D eigenvalue weighted by molar-refractivity contribution is -0.117. The van der Waals surface area contributed by atoms with Gasteiger partial charge in [-0.1, -0.05) is 11.6 Å². The van der Waals surface area contributed by atoms with Crippen molar-refractivity contribution in [3.05, 3.63) is 34.6 Å². The number of benzene rings is 1. The molecule has 1 aliphatic rings. The standard InChI is InChI=1S/C14H15ClFNO2/c1-9(18)7-11-3-2-6-17(11)14(19)12-5-4-10(16)8-13(12)15/h4-5,8,11H,2-3,6-7H2,1H3. The lowest BCUT2D eigenvalue weighted by Crippen LogP contribution is -2.36. The minimum atomic E-state index is -0.469. The van der Waals surface area contributed by atoms with Crippen LogP contribution in [0.25, 0.3) is 0 Å². The first-order valence-corrected chi connectivity index (χ1v) is 6.62. The summed E-state index contributed by atoms with van der Waals surface area (Å²) in [6.45, 7) is 2.14. The molecule has 102 valence electrons. The molecule has 1 aromatic rings. The molecule has 0 saturated carbocycles. The molecule has 1 atom stereocenters. The molecule has 0 aliphatic carbocycles. The summed E-state index contributed by atoms with van der Waals surface area (Å²) in [5.74, 6) is -0.632. The first-order chi connectivity index (χ1) is 8.99. The molecule has 0 N–H and O–H groups in total. The van der Waals surface area contributed by atoms with Crippen LogP contribution in [0.3, 0.4) is 0 Å². The summed E-state index contributed by atoms with van der Waals surface area (Å²) < 4.78 is 13.0. The zero-order valence-electron chi connectivity index (χ0n) is 10.7. The largest absolute Gasteiger partial charge is 0.335 e. The SMILES string of the molecule is CC(=O)CC1CCCN1C(=O)c1ccc(F)cc1Cl. The number of halogens is 2. The molecule has 3 nitrogen and oxygen atoms in total. The third-order valence-electron chi connectivity index (χ3n) is 3.32. The number of rotatable bonds is 3. The van der Waals surface area contributed by atoms with Crippen molar-refractivity contribution in [1.82, 2.24) is 4.90 Å². The van der Waals surface area contributed by atoms with Crippen molar-refractivity contribution in [1.29, 1.82) is 0 Å². The van der Waals surface area contributed by atoms with Crippen molar-refractivity contribution in [2.45, 2.75) is 32.2 Å². The first-order valence-electron chi connectivity index (χ1n) is 6.24. The van der Waals surface area contributed by atoms with Crippen LogP contribution in [0.2, 0.25) is 5.02 Å². The number of likely N-dealkylation sites (tertiary alicyclic amines) is 1. The monoisotopic (exact) mass is 283 g/mol. The number of carbonyl (C=O) groups excluding carboxylic acids is 2. The molecule has 19 heavy (non-hydrogen) atoms. The fourth-order valence-corrected chi connectivity index (χ4v) is 2.71. The highest BCUT2D eigenvalue weighted by molar-refractivity contribution is 6.33. The van der Waals surface area contributed by atoms with E-state index < -0.39 is 5.82 Å². The van der Waals surface area contributed by atoms with Gasteiger partial charge in [-0.2, -0.15) is 0 Å². The van der Waals surface area contributed by atoms with E-state index in [4.69, 9.17) is 11.6 Å². The summed E-state index contributed by atoms with van der Waals surface area (Å²) >= 11 is 5.90. The van der Waals surface area contributed by atoms with Gasteiger partial charge in [0, 0.05) is 19.0 Å². The zero-order valence-corrected chi connectivity index (χ0v) is 11.4. The number of amides is 1. The van der Waals surface area contributed by atoms with Gasteiger partial charge in [0.25, 0.3) is 5.91 Å². The maximum Gasteiger partial charge on any atom is 0.255 e. The molecule has 1 unspecified atom stereocenters. The van der Waals surface area contributed by atoms with E-state index >= 15 is 0 Å². The average Bonchev–Trinajstić information content (AvgIpc) is 2.75. The van der Waals surface area contributed by atoms with Crippen molar-refractivity contribution in [3.8, 4) is 0 Å². The molecule has 1 heterocycles. The van der Waals surface area contributed by atoms with Crippen LogP contribution >= 0.6 is 11.6 Å². The van der Waals surface area contributed by atoms with Gasteiger partial charge in [-0.25, -0.2) is 4.39 Å². The van der Waals surface area contributed by atoms with Gasteiger partial charge in [0.2, 0.25) is 0 Å². The molecule has 1 amide bonds. The molecule has 0 spiro atoms. The summed E-state index contributed by atoms with van der Waals surface area (Å²) in [7, 11) is 0. The van der Waals surface area contributed by atoms with Crippen LogP contribution in [0.1, 0.15) is 36.5 Å². The highest BCUT2D eigenvalue weighted by Crippen LogP contribution is 2.26. The maximum atomic E-state index is 13.0. The minimum Gasteiger partial charge on any atom is -0.335 e. The normalized spacial score (nSPS) is 18.7. The second kappa shape index (κ2) is 5.70. The third-order valence-corrected chi connectivity index (χ3v) is 3.64. The quantitative estimate of drug-likeness (QED) is 0.855. The van der Waals surface area contributed by atoms with E-state index in [0.29, 0.717) is 18.5 Å². The lowest BCUT2D eigenvalue weighted by Gasteiger charge is -2.24. The van der Waals surface area contributed by atoms with Crippen LogP contribution in [0.4, 0.5) is 4.39 Å². The number of ketones is 1. The molecule has 0 aromatic heterocycles. The van der Waals surface area contributed by atoms with E-state index in [-0.39, 0.29) is 22.8 Å². The highest BCUT2D eigenvalue weighted by atomic mass is 35.5. The Morgan fingerprint density at radius 1 is 1.47 bits per heavy atom. The van der Waals surface area contributed by atoms with E-state index in [1.807, 2.05) is 0 Å². The molecular formula is C14H15ClFNO2. The van der Waals surface area contributed by atoms with Gasteiger partial charge in [-0.05, 0) is 38.0 Å². The molecule has 2 rings (SSSR count). The van der Waals surface area contributed by atoms with E-state index in [0.717, 1.165) is 18.9 Å². The molecule has 0 radical (unpaired) electrons. The number of nitrogens with zero attached hydrogens (tertiary/aromatic N) is 1. The van der Waals surface area contributed by atoms with Gasteiger partial charge in [-0.3, -0.25) is 9.59 Å². The minimum absolute atomic E-state index is 0.0638. The predicted molar refractivity (Wildman–Crippen MR) is 70.8 cm³/mol. The fraction of sp³-hybridized carbons (Fsp3) is 0.429. The van der Waals surface area contributed by atoms with Crippen LogP contribution < -0.4 is 0 Å². The Morgan fingerprint density at radius 3 is 2.84 bits per heavy atom. The summed E-state index contributed by atoms with van der Waals surface area (Å²) in [6, 6.07) is 3.68. The summed E-state index contributed by atoms with van der Waals surface area (Å²) in [6.07, 6.45) is 2.07. The summed E-state index contributed by atoms with van der Waals surface area (Å²) in [5, 5.41) is 0.110. The molecule has 1 aliphatic heterocycles. The van der Waals surface area contributed by atoms with Gasteiger partial charge >= 0.3 is 0 Å². The van der Waals surface area contributed by atoms with Crippen molar-refractivity contribution in [2.75, 3.05) is 6.54 Å². The smallest absolute Gasteiger partial charge is 0.255 e. The third kappa shape index (κ3) is 3.13. The van der Waals surface area contributed by atoms with Crippen LogP contribution in [-0.4, -0.2) is 29.2 Å². The van der Waals surface area contributed by atoms with E-state index in [2.05, 4.69) is 0 Å². The Labute approximate surface area is 116 Å². The second-order valence-corrected chi connectivity index (χ2v) is 5.23. The predicted octanol–water partition coefficient (Wildman–Crippen LogP) is 3.06. The number of hydrogen-bond acceptors (Lipinski definition) is 2. The topological polar surface area (TPSA) is 37.4 Å². The van der Waals surface area contributed by atoms with E-state index in [1.54, 1.807) is 4.90 Å². The van der Waals surface area contributed by atoms with Crippen LogP contribution in [0.5, 0.6) is 0 Å². The molecule has 5 heteroatoms. The van der Waals surface area contributed by atoms with Crippen molar-refractivity contribution in [2.24, 2.45) is 0 Å². The van der Waals surface area contributed by atoms with Gasteiger partial charge in [0.15, 0.2) is 0 Å². The Morgan fingerprint density at radius 2 is 2.21 bits per heavy atom. The van der Waals surface area contributed by atoms with Gasteiger partial charge in [0.1, 0.15) is 11.6 Å². The van der Waals surface area contributed by atoms with Crippen LogP contribution in [0.15, 0.2) is 18.2 Å². The number of hydrogen-bond donors (Lipinski definition) is 0. The Bertz CT molecular complexity index is 518. The Kier molecular flexibility index (Phi) is 4.20. The summed E-state index contributed by atoms with van der Waals surface area (Å²) in [4.78, 5) is 25.2. The first kappa shape index (κ1) is 14.0. The van der Waals surface area contributed by atoms with Gasteiger partial charge in [0.05, 0.1) is 10.6 Å². The van der Waals surface area contributed by atoms with E-state index in [1.165, 1.54) is 19.1 Å². The maximum absolute atomic E-state index is 13.0. The average molecular weight is 284 g/mol. The molecule has 1 fully saturated rings. The van der Waals surface area contributed by atoms with Crippen molar-refractivity contribution >= 4 is 23.3 Å². The van der Waals surface area contributed by atoms with Gasteiger partial charge < -0.3 is 4.90 Å². The molecule has 1 saturated heterocycles. The summed E-state index contributed by atoms with van der Waals surface area (Å²) in [5.41, 5.74) is 0.290. The van der Waals surface area contributed by atoms with Crippen molar-refractivity contribution < 1.29 is 14.0 Å². The van der Waals surface area contributed by atoms with Crippen LogP contribution in [-0.2, 0) is 4.79 Å². The van der Waals surface area contributed by atoms with Crippen molar-refractivity contribution in [3.63, 3.8) is 0 Å². The van der Waals surface area contributed by atoms with E-state index in [9.17, 15) is 14.0 Å². The molecule has 1 aromatic carbocycles. The number of carbonyl (C=O) groups is 2. The Hall–Kier alpha value is -1.42. The highest BCUT2D eigenvalue weighted by Gasteiger charge is 2.31. The van der Waals surface area contributed by atoms with Gasteiger partial charge in [-0.15, -0.1) is 0 Å². The fourth-order valence-electron chi connectivity index (χ4n) is 2.46. The number of Topliss-reactive ketones (excluding diaryl/α,β-unsaturated/α-hetero) is 1. The second-order valence-electron chi connectivity index (χ2n) is 4.82.